The summed E-state index contributed by atoms with van der Waals surface area (Å²) >= 11 is 13.8. The van der Waals surface area contributed by atoms with Gasteiger partial charge in [0.05, 0.1) is 14.9 Å². The Balaban J connectivity index is 2.05. The molecule has 1 N–H and O–H groups in total. The van der Waals surface area contributed by atoms with Crippen LogP contribution in [0.1, 0.15) is 36.9 Å². The fourth-order valence-electron chi connectivity index (χ4n) is 2.19. The van der Waals surface area contributed by atoms with E-state index in [1.54, 1.807) is 0 Å². The van der Waals surface area contributed by atoms with Gasteiger partial charge in [0, 0.05) is 24.8 Å². The van der Waals surface area contributed by atoms with Crippen LogP contribution in [0.5, 0.6) is 0 Å². The molecule has 2 rings (SSSR count). The maximum absolute atomic E-state index is 6.28. The lowest BCUT2D eigenvalue weighted by atomic mass is 10.0. The molecule has 0 spiro atoms. The van der Waals surface area contributed by atoms with Gasteiger partial charge in [-0.1, -0.05) is 30.1 Å². The van der Waals surface area contributed by atoms with Gasteiger partial charge in [0.15, 0.2) is 0 Å². The first-order chi connectivity index (χ1) is 9.60. The lowest BCUT2D eigenvalue weighted by Crippen LogP contribution is -2.22. The van der Waals surface area contributed by atoms with Crippen molar-refractivity contribution in [1.29, 1.82) is 0 Å². The summed E-state index contributed by atoms with van der Waals surface area (Å²) in [6.45, 7) is 3.13. The lowest BCUT2D eigenvalue weighted by Gasteiger charge is -2.17. The largest absolute Gasteiger partial charge is 0.310 e. The van der Waals surface area contributed by atoms with Gasteiger partial charge in [-0.25, -0.2) is 0 Å². The summed E-state index contributed by atoms with van der Waals surface area (Å²) in [7, 11) is 1.94. The minimum absolute atomic E-state index is 0.242. The molecule has 0 aliphatic carbocycles. The molecule has 0 aliphatic rings. The van der Waals surface area contributed by atoms with Gasteiger partial charge >= 0.3 is 0 Å². The third kappa shape index (κ3) is 4.22. The van der Waals surface area contributed by atoms with Crippen molar-refractivity contribution >= 4 is 34.5 Å². The summed E-state index contributed by atoms with van der Waals surface area (Å²) in [5, 5.41) is 7.76. The molecule has 2 aromatic heterocycles. The van der Waals surface area contributed by atoms with Crippen molar-refractivity contribution in [3.8, 4) is 0 Å². The van der Waals surface area contributed by atoms with E-state index in [0.717, 1.165) is 40.0 Å². The first kappa shape index (κ1) is 15.8. The molecule has 3 nitrogen and oxygen atoms in total. The first-order valence-electron chi connectivity index (χ1n) is 6.75. The Kier molecular flexibility index (Phi) is 5.90. The van der Waals surface area contributed by atoms with Crippen LogP contribution < -0.4 is 5.32 Å². The minimum atomic E-state index is 0.242. The van der Waals surface area contributed by atoms with Crippen molar-refractivity contribution in [2.75, 3.05) is 6.54 Å². The molecule has 20 heavy (non-hydrogen) atoms. The lowest BCUT2D eigenvalue weighted by molar-refractivity contribution is 0.500. The number of aromatic nitrogens is 2. The zero-order valence-electron chi connectivity index (χ0n) is 11.7. The summed E-state index contributed by atoms with van der Waals surface area (Å²) in [6, 6.07) is 2.22. The Bertz CT molecular complexity index is 550. The van der Waals surface area contributed by atoms with E-state index in [9.17, 15) is 0 Å². The van der Waals surface area contributed by atoms with Crippen molar-refractivity contribution in [2.24, 2.45) is 7.05 Å². The molecule has 0 bridgehead atoms. The van der Waals surface area contributed by atoms with Crippen LogP contribution in [0, 0.1) is 0 Å². The molecule has 0 radical (unpaired) electrons. The molecule has 110 valence electrons. The second kappa shape index (κ2) is 7.46. The summed E-state index contributed by atoms with van der Waals surface area (Å²) in [6.07, 6.45) is 7.02. The molecule has 0 saturated heterocycles. The Morgan fingerprint density at radius 2 is 2.25 bits per heavy atom. The number of hydrogen-bond donors (Lipinski definition) is 1. The molecule has 1 atom stereocenters. The van der Waals surface area contributed by atoms with Crippen LogP contribution >= 0.6 is 34.5 Å². The van der Waals surface area contributed by atoms with Gasteiger partial charge in [-0.05, 0) is 37.4 Å². The first-order valence-corrected chi connectivity index (χ1v) is 8.33. The van der Waals surface area contributed by atoms with Crippen LogP contribution in [-0.2, 0) is 13.5 Å². The van der Waals surface area contributed by atoms with Crippen LogP contribution in [-0.4, -0.2) is 16.3 Å². The average molecular weight is 332 g/mol. The third-order valence-electron chi connectivity index (χ3n) is 3.18. The highest BCUT2D eigenvalue weighted by Gasteiger charge is 2.17. The van der Waals surface area contributed by atoms with E-state index < -0.39 is 0 Å². The standard InChI is InChI=1S/C14H19Cl2N3S/c1-3-6-17-12(11-7-13(15)20-14(11)16)5-4-10-8-18-19(2)9-10/h7-9,12,17H,3-6H2,1-2H3. The van der Waals surface area contributed by atoms with E-state index in [1.165, 1.54) is 16.9 Å². The SMILES string of the molecule is CCCNC(CCc1cnn(C)c1)c1cc(Cl)sc1Cl. The average Bonchev–Trinajstić information content (AvgIpc) is 2.96. The fraction of sp³-hybridized carbons (Fsp3) is 0.500. The van der Waals surface area contributed by atoms with E-state index in [1.807, 2.05) is 24.0 Å². The Morgan fingerprint density at radius 1 is 1.45 bits per heavy atom. The predicted octanol–water partition coefficient (Wildman–Crippen LogP) is 4.46. The van der Waals surface area contributed by atoms with E-state index in [2.05, 4.69) is 23.5 Å². The second-order valence-electron chi connectivity index (χ2n) is 4.85. The molecule has 0 fully saturated rings. The predicted molar refractivity (Wildman–Crippen MR) is 86.9 cm³/mol. The zero-order valence-corrected chi connectivity index (χ0v) is 14.0. The molecule has 0 saturated carbocycles. The third-order valence-corrected chi connectivity index (χ3v) is 4.70. The molecular formula is C14H19Cl2N3S. The van der Waals surface area contributed by atoms with Gasteiger partial charge in [0.25, 0.3) is 0 Å². The van der Waals surface area contributed by atoms with Crippen molar-refractivity contribution < 1.29 is 0 Å². The van der Waals surface area contributed by atoms with Crippen LogP contribution in [0.25, 0.3) is 0 Å². The Hall–Kier alpha value is -0.550. The summed E-state index contributed by atoms with van der Waals surface area (Å²) in [5.74, 6) is 0. The molecule has 0 amide bonds. The topological polar surface area (TPSA) is 29.9 Å². The Labute approximate surface area is 133 Å². The number of hydrogen-bond acceptors (Lipinski definition) is 3. The molecule has 0 aliphatic heterocycles. The summed E-state index contributed by atoms with van der Waals surface area (Å²) in [4.78, 5) is 0. The van der Waals surface area contributed by atoms with Gasteiger partial charge in [0.1, 0.15) is 0 Å². The number of halogens is 2. The van der Waals surface area contributed by atoms with E-state index in [4.69, 9.17) is 23.2 Å². The highest BCUT2D eigenvalue weighted by molar-refractivity contribution is 7.20. The number of nitrogens with zero attached hydrogens (tertiary/aromatic N) is 2. The smallest absolute Gasteiger partial charge is 0.0991 e. The van der Waals surface area contributed by atoms with Gasteiger partial charge in [0.2, 0.25) is 0 Å². The number of nitrogens with one attached hydrogen (secondary N) is 1. The highest BCUT2D eigenvalue weighted by Crippen LogP contribution is 2.36. The highest BCUT2D eigenvalue weighted by atomic mass is 35.5. The maximum Gasteiger partial charge on any atom is 0.0991 e. The molecule has 1 unspecified atom stereocenters. The normalized spacial score (nSPS) is 12.8. The van der Waals surface area contributed by atoms with Crippen LogP contribution in [0.4, 0.5) is 0 Å². The monoisotopic (exact) mass is 331 g/mol. The van der Waals surface area contributed by atoms with Crippen LogP contribution in [0.3, 0.4) is 0 Å². The Morgan fingerprint density at radius 3 is 2.80 bits per heavy atom. The quantitative estimate of drug-likeness (QED) is 0.811. The van der Waals surface area contributed by atoms with Gasteiger partial charge in [-0.2, -0.15) is 5.10 Å². The molecule has 0 aromatic carbocycles. The van der Waals surface area contributed by atoms with E-state index >= 15 is 0 Å². The van der Waals surface area contributed by atoms with Crippen LogP contribution in [0.2, 0.25) is 8.67 Å². The zero-order chi connectivity index (χ0) is 14.5. The van der Waals surface area contributed by atoms with E-state index in [-0.39, 0.29) is 6.04 Å². The van der Waals surface area contributed by atoms with Gasteiger partial charge in [-0.3, -0.25) is 4.68 Å². The van der Waals surface area contributed by atoms with Crippen molar-refractivity contribution in [2.45, 2.75) is 32.2 Å². The fourth-order valence-corrected chi connectivity index (χ4v) is 3.77. The minimum Gasteiger partial charge on any atom is -0.310 e. The summed E-state index contributed by atoms with van der Waals surface area (Å²) in [5.41, 5.74) is 2.35. The van der Waals surface area contributed by atoms with Crippen molar-refractivity contribution in [3.05, 3.63) is 38.3 Å². The number of aryl methyl sites for hydroxylation is 2. The van der Waals surface area contributed by atoms with Crippen molar-refractivity contribution in [3.63, 3.8) is 0 Å². The number of thiophene rings is 1. The number of rotatable bonds is 7. The molecule has 6 heteroatoms. The van der Waals surface area contributed by atoms with Gasteiger partial charge in [-0.15, -0.1) is 11.3 Å². The second-order valence-corrected chi connectivity index (χ2v) is 7.13. The molecule has 2 heterocycles. The van der Waals surface area contributed by atoms with Crippen molar-refractivity contribution in [1.82, 2.24) is 15.1 Å². The van der Waals surface area contributed by atoms with Crippen LogP contribution in [0.15, 0.2) is 18.5 Å². The van der Waals surface area contributed by atoms with E-state index in [0.29, 0.717) is 0 Å². The molecular weight excluding hydrogens is 313 g/mol. The maximum atomic E-state index is 6.28. The summed E-state index contributed by atoms with van der Waals surface area (Å²) < 4.78 is 3.36. The van der Waals surface area contributed by atoms with Gasteiger partial charge < -0.3 is 5.32 Å². The molecule has 2 aromatic rings.